The monoisotopic (exact) mass is 485 g/mol. The maximum absolute atomic E-state index is 11.8. The van der Waals surface area contributed by atoms with Crippen LogP contribution in [-0.4, -0.2) is 22.2 Å². The third kappa shape index (κ3) is 4.34. The number of halogens is 1. The molecule has 1 aromatic carbocycles. The predicted octanol–water partition coefficient (Wildman–Crippen LogP) is 4.82. The summed E-state index contributed by atoms with van der Waals surface area (Å²) in [4.78, 5) is 34.4. The Balaban J connectivity index is 1.43. The number of rotatable bonds is 5. The second-order valence-corrected chi connectivity index (χ2v) is 8.69. The van der Waals surface area contributed by atoms with Gasteiger partial charge in [-0.2, -0.15) is 0 Å². The first kappa shape index (κ1) is 20.4. The minimum Gasteiger partial charge on any atom is -0.489 e. The fourth-order valence-electron chi connectivity index (χ4n) is 3.26. The van der Waals surface area contributed by atoms with Crippen molar-refractivity contribution in [2.45, 2.75) is 13.0 Å². The smallest absolute Gasteiger partial charge is 0.335 e. The average molecular weight is 486 g/mol. The first-order valence-corrected chi connectivity index (χ1v) is 10.7. The molecule has 0 radical (unpaired) electrons. The molecule has 1 fully saturated rings. The number of aromatic carboxylic acids is 1. The third-order valence-electron chi connectivity index (χ3n) is 4.84. The fraction of sp³-hybridized carbons (Fsp3) is 0.136. The molecular formula is C22H16BrNO5S. The van der Waals surface area contributed by atoms with E-state index in [0.717, 1.165) is 45.1 Å². The van der Waals surface area contributed by atoms with Crippen LogP contribution in [-0.2, 0) is 16.1 Å². The normalized spacial score (nSPS) is 21.9. The van der Waals surface area contributed by atoms with Crippen LogP contribution in [0.2, 0.25) is 0 Å². The van der Waals surface area contributed by atoms with Crippen molar-refractivity contribution in [2.75, 3.05) is 0 Å². The van der Waals surface area contributed by atoms with Crippen molar-refractivity contribution in [1.82, 2.24) is 5.32 Å². The quantitative estimate of drug-likeness (QED) is 0.580. The van der Waals surface area contributed by atoms with E-state index in [4.69, 9.17) is 9.84 Å². The molecule has 30 heavy (non-hydrogen) atoms. The Bertz CT molecular complexity index is 1100. The number of benzene rings is 1. The molecule has 0 aromatic heterocycles. The van der Waals surface area contributed by atoms with Gasteiger partial charge < -0.3 is 9.84 Å². The molecule has 0 spiro atoms. The molecule has 1 aliphatic heterocycles. The molecule has 4 rings (SSSR count). The van der Waals surface area contributed by atoms with Crippen LogP contribution in [0, 0.1) is 5.92 Å². The second-order valence-electron chi connectivity index (χ2n) is 6.82. The lowest BCUT2D eigenvalue weighted by Gasteiger charge is -2.26. The molecule has 0 saturated carbocycles. The molecule has 1 saturated heterocycles. The molecule has 2 aliphatic carbocycles. The third-order valence-corrected chi connectivity index (χ3v) is 6.66. The van der Waals surface area contributed by atoms with Gasteiger partial charge in [0.05, 0.1) is 10.5 Å². The van der Waals surface area contributed by atoms with Gasteiger partial charge in [-0.3, -0.25) is 14.9 Å². The summed E-state index contributed by atoms with van der Waals surface area (Å²) in [7, 11) is 0. The largest absolute Gasteiger partial charge is 0.489 e. The number of fused-ring (bicyclic) bond motifs is 1. The van der Waals surface area contributed by atoms with Gasteiger partial charge in [0, 0.05) is 10.4 Å². The van der Waals surface area contributed by atoms with Gasteiger partial charge in [0.25, 0.3) is 11.1 Å². The average Bonchev–Trinajstić information content (AvgIpc) is 3.05. The van der Waals surface area contributed by atoms with Crippen LogP contribution in [0.4, 0.5) is 4.79 Å². The molecule has 1 aromatic rings. The summed E-state index contributed by atoms with van der Waals surface area (Å²) in [5.41, 5.74) is 3.08. The summed E-state index contributed by atoms with van der Waals surface area (Å²) in [6, 6.07) is 6.60. The lowest BCUT2D eigenvalue weighted by atomic mass is 9.85. The minimum absolute atomic E-state index is 0.120. The number of ether oxygens (including phenoxy) is 1. The van der Waals surface area contributed by atoms with E-state index in [-0.39, 0.29) is 22.6 Å². The molecule has 2 N–H and O–H groups in total. The van der Waals surface area contributed by atoms with Crippen LogP contribution < -0.4 is 5.32 Å². The molecular weight excluding hydrogens is 470 g/mol. The Morgan fingerprint density at radius 2 is 2.03 bits per heavy atom. The first-order valence-electron chi connectivity index (χ1n) is 9.10. The minimum atomic E-state index is -0.954. The van der Waals surface area contributed by atoms with Gasteiger partial charge in [0.1, 0.15) is 12.4 Å². The van der Waals surface area contributed by atoms with Gasteiger partial charge in [0.2, 0.25) is 0 Å². The van der Waals surface area contributed by atoms with Crippen molar-refractivity contribution in [3.63, 3.8) is 0 Å². The number of hydrogen-bond donors (Lipinski definition) is 2. The summed E-state index contributed by atoms with van der Waals surface area (Å²) in [6.07, 6.45) is 10.3. The van der Waals surface area contributed by atoms with Crippen molar-refractivity contribution >= 4 is 44.8 Å². The molecule has 8 heteroatoms. The maximum atomic E-state index is 11.8. The van der Waals surface area contributed by atoms with Gasteiger partial charge in [-0.1, -0.05) is 40.2 Å². The molecule has 3 aliphatic rings. The van der Waals surface area contributed by atoms with Gasteiger partial charge in [0.15, 0.2) is 0 Å². The maximum Gasteiger partial charge on any atom is 0.335 e. The summed E-state index contributed by atoms with van der Waals surface area (Å²) >= 11 is 4.55. The number of hydrogen-bond acceptors (Lipinski definition) is 5. The van der Waals surface area contributed by atoms with Crippen molar-refractivity contribution in [3.05, 3.63) is 92.1 Å². The number of carboxylic acids is 1. The zero-order valence-corrected chi connectivity index (χ0v) is 18.0. The molecule has 0 bridgehead atoms. The number of amides is 2. The van der Waals surface area contributed by atoms with Crippen LogP contribution in [0.15, 0.2) is 80.9 Å². The van der Waals surface area contributed by atoms with Crippen molar-refractivity contribution in [1.29, 1.82) is 0 Å². The number of nitrogens with one attached hydrogen (secondary N) is 1. The van der Waals surface area contributed by atoms with E-state index in [0.29, 0.717) is 11.5 Å². The Kier molecular flexibility index (Phi) is 5.78. The molecule has 1 unspecified atom stereocenters. The Hall–Kier alpha value is -2.84. The Morgan fingerprint density at radius 3 is 2.70 bits per heavy atom. The topological polar surface area (TPSA) is 92.7 Å². The number of carbonyl (C=O) groups is 3. The van der Waals surface area contributed by atoms with Crippen LogP contribution in [0.3, 0.4) is 0 Å². The highest BCUT2D eigenvalue weighted by Gasteiger charge is 2.28. The van der Waals surface area contributed by atoms with Gasteiger partial charge in [-0.05, 0) is 65.3 Å². The number of imide groups is 1. The van der Waals surface area contributed by atoms with Gasteiger partial charge in [-0.15, -0.1) is 0 Å². The summed E-state index contributed by atoms with van der Waals surface area (Å²) < 4.78 is 6.83. The zero-order valence-electron chi connectivity index (χ0n) is 15.6. The summed E-state index contributed by atoms with van der Waals surface area (Å²) in [6.45, 7) is 0.346. The van der Waals surface area contributed by atoms with Gasteiger partial charge >= 0.3 is 5.97 Å². The van der Waals surface area contributed by atoms with E-state index in [1.54, 1.807) is 30.3 Å². The first-order chi connectivity index (χ1) is 14.4. The van der Waals surface area contributed by atoms with Crippen molar-refractivity contribution in [2.24, 2.45) is 5.92 Å². The van der Waals surface area contributed by atoms with Crippen LogP contribution in [0.1, 0.15) is 22.3 Å². The number of thioether (sulfide) groups is 1. The van der Waals surface area contributed by atoms with Crippen LogP contribution >= 0.6 is 27.7 Å². The highest BCUT2D eigenvalue weighted by atomic mass is 79.9. The van der Waals surface area contributed by atoms with E-state index in [9.17, 15) is 14.4 Å². The van der Waals surface area contributed by atoms with Crippen LogP contribution in [0.25, 0.3) is 0 Å². The van der Waals surface area contributed by atoms with E-state index >= 15 is 0 Å². The SMILES string of the molecule is O=C1NC(=O)/C(=C/C2=C(Br)C3CC=C(OCc4ccc(C(=O)O)cc4)C=C3C=C2)S1. The zero-order chi connectivity index (χ0) is 21.3. The Morgan fingerprint density at radius 1 is 1.27 bits per heavy atom. The number of allylic oxidation sites excluding steroid dienone is 8. The van der Waals surface area contributed by atoms with E-state index in [1.807, 2.05) is 24.3 Å². The van der Waals surface area contributed by atoms with Crippen molar-refractivity contribution in [3.8, 4) is 0 Å². The van der Waals surface area contributed by atoms with E-state index in [2.05, 4.69) is 21.2 Å². The fourth-order valence-corrected chi connectivity index (χ4v) is 4.64. The molecule has 1 heterocycles. The molecule has 6 nitrogen and oxygen atoms in total. The Labute approximate surface area is 185 Å². The highest BCUT2D eigenvalue weighted by Crippen LogP contribution is 2.41. The molecule has 2 amide bonds. The summed E-state index contributed by atoms with van der Waals surface area (Å²) in [5, 5.41) is 10.9. The van der Waals surface area contributed by atoms with E-state index < -0.39 is 5.97 Å². The summed E-state index contributed by atoms with van der Waals surface area (Å²) in [5.74, 6) is -0.450. The lowest BCUT2D eigenvalue weighted by Crippen LogP contribution is -2.18. The van der Waals surface area contributed by atoms with Crippen molar-refractivity contribution < 1.29 is 24.2 Å². The van der Waals surface area contributed by atoms with E-state index in [1.165, 1.54) is 0 Å². The number of carbonyl (C=O) groups excluding carboxylic acids is 2. The predicted molar refractivity (Wildman–Crippen MR) is 117 cm³/mol. The van der Waals surface area contributed by atoms with Gasteiger partial charge in [-0.25, -0.2) is 4.79 Å². The lowest BCUT2D eigenvalue weighted by molar-refractivity contribution is -0.115. The van der Waals surface area contributed by atoms with Crippen LogP contribution in [0.5, 0.6) is 0 Å². The number of carboxylic acid groups (broad SMARTS) is 1. The molecule has 152 valence electrons. The molecule has 1 atom stereocenters. The highest BCUT2D eigenvalue weighted by molar-refractivity contribution is 9.11. The second kappa shape index (κ2) is 8.49. The standard InChI is InChI=1S/C22H16BrNO5S/c23-19-15(10-18-20(25)24-22(28)30-18)6-5-14-9-16(7-8-17(14)19)29-11-12-1-3-13(4-2-12)21(26)27/h1-7,9-10,17H,8,11H2,(H,26,27)(H,24,25,28)/b18-10-.